The van der Waals surface area contributed by atoms with Gasteiger partial charge in [0, 0.05) is 12.1 Å². The number of hydrogen-bond donors (Lipinski definition) is 3. The van der Waals surface area contributed by atoms with Crippen molar-refractivity contribution in [2.24, 2.45) is 0 Å². The fourth-order valence-corrected chi connectivity index (χ4v) is 2.85. The number of nitrogens with one attached hydrogen (secondary N) is 2. The van der Waals surface area contributed by atoms with Gasteiger partial charge in [0.2, 0.25) is 0 Å². The summed E-state index contributed by atoms with van der Waals surface area (Å²) < 4.78 is 5.81. The summed E-state index contributed by atoms with van der Waals surface area (Å²) in [5.41, 5.74) is 2.07. The zero-order chi connectivity index (χ0) is 16.8. The molecule has 0 aromatic heterocycles. The SMILES string of the molecule is Cc1ccc(CNC(=O)NC2CCCCC2O)c(OC(C)C)c1. The van der Waals surface area contributed by atoms with E-state index < -0.39 is 6.10 Å². The number of carbonyl (C=O) groups excluding carboxylic acids is 1. The minimum atomic E-state index is -0.436. The first-order valence-electron chi connectivity index (χ1n) is 8.44. The van der Waals surface area contributed by atoms with E-state index in [0.717, 1.165) is 42.6 Å². The summed E-state index contributed by atoms with van der Waals surface area (Å²) >= 11 is 0. The topological polar surface area (TPSA) is 70.6 Å². The number of urea groups is 1. The molecule has 1 aromatic rings. The highest BCUT2D eigenvalue weighted by Gasteiger charge is 2.24. The van der Waals surface area contributed by atoms with Crippen molar-refractivity contribution in [3.05, 3.63) is 29.3 Å². The van der Waals surface area contributed by atoms with Gasteiger partial charge in [0.25, 0.3) is 0 Å². The first-order valence-corrected chi connectivity index (χ1v) is 8.44. The van der Waals surface area contributed by atoms with Crippen LogP contribution in [0.5, 0.6) is 5.75 Å². The summed E-state index contributed by atoms with van der Waals surface area (Å²) in [5, 5.41) is 15.6. The van der Waals surface area contributed by atoms with E-state index in [1.807, 2.05) is 39.0 Å². The van der Waals surface area contributed by atoms with Crippen LogP contribution < -0.4 is 15.4 Å². The van der Waals surface area contributed by atoms with Crippen LogP contribution in [0.1, 0.15) is 50.7 Å². The number of amides is 2. The molecule has 1 aliphatic rings. The van der Waals surface area contributed by atoms with Gasteiger partial charge in [-0.2, -0.15) is 0 Å². The molecule has 1 aromatic carbocycles. The molecule has 5 heteroatoms. The highest BCUT2D eigenvalue weighted by Crippen LogP contribution is 2.22. The van der Waals surface area contributed by atoms with Gasteiger partial charge in [-0.3, -0.25) is 0 Å². The third-order valence-electron chi connectivity index (χ3n) is 4.07. The van der Waals surface area contributed by atoms with Gasteiger partial charge in [0.15, 0.2) is 0 Å². The Kier molecular flexibility index (Phi) is 6.28. The molecule has 0 spiro atoms. The van der Waals surface area contributed by atoms with Gasteiger partial charge in [-0.1, -0.05) is 25.0 Å². The maximum atomic E-state index is 12.1. The van der Waals surface area contributed by atoms with Crippen molar-refractivity contribution in [3.63, 3.8) is 0 Å². The van der Waals surface area contributed by atoms with E-state index in [4.69, 9.17) is 4.74 Å². The van der Waals surface area contributed by atoms with Gasteiger partial charge in [-0.05, 0) is 45.2 Å². The van der Waals surface area contributed by atoms with Crippen molar-refractivity contribution in [1.82, 2.24) is 10.6 Å². The van der Waals surface area contributed by atoms with Gasteiger partial charge in [-0.15, -0.1) is 0 Å². The van der Waals surface area contributed by atoms with Gasteiger partial charge in [-0.25, -0.2) is 4.79 Å². The summed E-state index contributed by atoms with van der Waals surface area (Å²) in [6.07, 6.45) is 3.32. The number of carbonyl (C=O) groups is 1. The Morgan fingerprint density at radius 1 is 1.35 bits per heavy atom. The van der Waals surface area contributed by atoms with Crippen LogP contribution in [0, 0.1) is 6.92 Å². The molecule has 0 saturated heterocycles. The number of aliphatic hydroxyl groups is 1. The first kappa shape index (κ1) is 17.6. The molecule has 128 valence electrons. The summed E-state index contributed by atoms with van der Waals surface area (Å²) in [7, 11) is 0. The Balaban J connectivity index is 1.90. The molecule has 0 radical (unpaired) electrons. The van der Waals surface area contributed by atoms with E-state index in [9.17, 15) is 9.90 Å². The zero-order valence-electron chi connectivity index (χ0n) is 14.3. The molecule has 0 bridgehead atoms. The minimum Gasteiger partial charge on any atom is -0.491 e. The predicted octanol–water partition coefficient (Wildman–Crippen LogP) is 2.88. The molecule has 1 saturated carbocycles. The second kappa shape index (κ2) is 8.20. The normalized spacial score (nSPS) is 21.1. The summed E-state index contributed by atoms with van der Waals surface area (Å²) in [4.78, 5) is 12.1. The zero-order valence-corrected chi connectivity index (χ0v) is 14.3. The Morgan fingerprint density at radius 2 is 2.09 bits per heavy atom. The van der Waals surface area contributed by atoms with Crippen molar-refractivity contribution >= 4 is 6.03 Å². The van der Waals surface area contributed by atoms with Crippen LogP contribution in [0.15, 0.2) is 18.2 Å². The molecule has 23 heavy (non-hydrogen) atoms. The van der Waals surface area contributed by atoms with Gasteiger partial charge in [0.05, 0.1) is 18.2 Å². The van der Waals surface area contributed by atoms with Gasteiger partial charge >= 0.3 is 6.03 Å². The summed E-state index contributed by atoms with van der Waals surface area (Å²) in [5.74, 6) is 0.804. The van der Waals surface area contributed by atoms with E-state index >= 15 is 0 Å². The van der Waals surface area contributed by atoms with Crippen LogP contribution in [-0.4, -0.2) is 29.4 Å². The minimum absolute atomic E-state index is 0.0850. The molecule has 1 fully saturated rings. The van der Waals surface area contributed by atoms with Crippen LogP contribution in [0.4, 0.5) is 4.79 Å². The summed E-state index contributed by atoms with van der Waals surface area (Å²) in [6.45, 7) is 6.38. The van der Waals surface area contributed by atoms with Crippen molar-refractivity contribution in [2.45, 2.75) is 71.2 Å². The molecule has 0 heterocycles. The Labute approximate surface area is 138 Å². The Morgan fingerprint density at radius 3 is 2.78 bits per heavy atom. The molecular formula is C18H28N2O3. The standard InChI is InChI=1S/C18H28N2O3/c1-12(2)23-17-10-13(3)8-9-14(17)11-19-18(22)20-15-6-4-5-7-16(15)21/h8-10,12,15-16,21H,4-7,11H2,1-3H3,(H2,19,20,22). The van der Waals surface area contributed by atoms with Crippen LogP contribution in [0.3, 0.4) is 0 Å². The lowest BCUT2D eigenvalue weighted by Gasteiger charge is -2.28. The largest absolute Gasteiger partial charge is 0.491 e. The van der Waals surface area contributed by atoms with Crippen molar-refractivity contribution < 1.29 is 14.6 Å². The third-order valence-corrected chi connectivity index (χ3v) is 4.07. The highest BCUT2D eigenvalue weighted by molar-refractivity contribution is 5.74. The number of aryl methyl sites for hydroxylation is 1. The van der Waals surface area contributed by atoms with Crippen LogP contribution in [0.2, 0.25) is 0 Å². The van der Waals surface area contributed by atoms with E-state index in [1.165, 1.54) is 0 Å². The smallest absolute Gasteiger partial charge is 0.315 e. The van der Waals surface area contributed by atoms with E-state index in [-0.39, 0.29) is 18.2 Å². The second-order valence-corrected chi connectivity index (χ2v) is 6.56. The molecule has 1 aliphatic carbocycles. The second-order valence-electron chi connectivity index (χ2n) is 6.56. The van der Waals surface area contributed by atoms with E-state index in [0.29, 0.717) is 6.54 Å². The molecule has 0 aliphatic heterocycles. The number of hydrogen-bond acceptors (Lipinski definition) is 3. The molecule has 2 rings (SSSR count). The average Bonchev–Trinajstić information content (AvgIpc) is 2.48. The number of aliphatic hydroxyl groups excluding tert-OH is 1. The van der Waals surface area contributed by atoms with Gasteiger partial charge < -0.3 is 20.5 Å². The predicted molar refractivity (Wildman–Crippen MR) is 90.6 cm³/mol. The molecule has 2 unspecified atom stereocenters. The number of rotatable bonds is 5. The van der Waals surface area contributed by atoms with Crippen molar-refractivity contribution in [2.75, 3.05) is 0 Å². The Hall–Kier alpha value is -1.75. The lowest BCUT2D eigenvalue weighted by molar-refractivity contribution is 0.0943. The summed E-state index contributed by atoms with van der Waals surface area (Å²) in [6, 6.07) is 5.58. The highest BCUT2D eigenvalue weighted by atomic mass is 16.5. The van der Waals surface area contributed by atoms with Gasteiger partial charge in [0.1, 0.15) is 5.75 Å². The van der Waals surface area contributed by atoms with E-state index in [2.05, 4.69) is 10.6 Å². The first-order chi connectivity index (χ1) is 11.0. The van der Waals surface area contributed by atoms with Crippen molar-refractivity contribution in [1.29, 1.82) is 0 Å². The number of benzene rings is 1. The van der Waals surface area contributed by atoms with Crippen LogP contribution in [0.25, 0.3) is 0 Å². The molecule has 2 amide bonds. The number of ether oxygens (including phenoxy) is 1. The quantitative estimate of drug-likeness (QED) is 0.781. The maximum Gasteiger partial charge on any atom is 0.315 e. The maximum absolute atomic E-state index is 12.1. The molecule has 2 atom stereocenters. The lowest BCUT2D eigenvalue weighted by Crippen LogP contribution is -2.48. The third kappa shape index (κ3) is 5.43. The van der Waals surface area contributed by atoms with E-state index in [1.54, 1.807) is 0 Å². The fourth-order valence-electron chi connectivity index (χ4n) is 2.85. The average molecular weight is 320 g/mol. The monoisotopic (exact) mass is 320 g/mol. The van der Waals surface area contributed by atoms with Crippen LogP contribution in [-0.2, 0) is 6.54 Å². The molecular weight excluding hydrogens is 292 g/mol. The van der Waals surface area contributed by atoms with Crippen LogP contribution >= 0.6 is 0 Å². The molecule has 3 N–H and O–H groups in total. The molecule has 5 nitrogen and oxygen atoms in total. The lowest BCUT2D eigenvalue weighted by atomic mass is 9.93. The van der Waals surface area contributed by atoms with Crippen molar-refractivity contribution in [3.8, 4) is 5.75 Å². The Bertz CT molecular complexity index is 531. The fraction of sp³-hybridized carbons (Fsp3) is 0.611.